The first-order valence-electron chi connectivity index (χ1n) is 3.72. The Morgan fingerprint density at radius 2 is 2.40 bits per heavy atom. The van der Waals surface area contributed by atoms with Crippen LogP contribution in [0.3, 0.4) is 0 Å². The number of hydrogen-bond acceptors (Lipinski definition) is 2. The minimum atomic E-state index is 0.453. The minimum Gasteiger partial charge on any atom is -0.307 e. The maximum atomic E-state index is 7.08. The van der Waals surface area contributed by atoms with Crippen LogP contribution in [0.15, 0.2) is 4.99 Å². The van der Waals surface area contributed by atoms with Gasteiger partial charge < -0.3 is 5.41 Å². The molecule has 1 N–H and O–H groups in total. The van der Waals surface area contributed by atoms with Crippen LogP contribution in [0, 0.1) is 22.7 Å². The van der Waals surface area contributed by atoms with Crippen molar-refractivity contribution in [2.24, 2.45) is 22.2 Å². The third kappa shape index (κ3) is 0.498. The summed E-state index contributed by atoms with van der Waals surface area (Å²) in [7, 11) is 0. The lowest BCUT2D eigenvalue weighted by Gasteiger charge is -2.04. The Kier molecular flexibility index (Phi) is 0.908. The lowest BCUT2D eigenvalue weighted by Crippen LogP contribution is -2.07. The van der Waals surface area contributed by atoms with Crippen molar-refractivity contribution in [1.82, 2.24) is 0 Å². The average molecular weight is 136 g/mol. The van der Waals surface area contributed by atoms with Gasteiger partial charge in [0.1, 0.15) is 0 Å². The third-order valence-corrected chi connectivity index (χ3v) is 2.99. The number of nitrogens with one attached hydrogen (secondary N) is 1. The first-order valence-corrected chi connectivity index (χ1v) is 3.72. The summed E-state index contributed by atoms with van der Waals surface area (Å²) < 4.78 is 0. The van der Waals surface area contributed by atoms with E-state index in [2.05, 4.69) is 18.8 Å². The van der Waals surface area contributed by atoms with Crippen LogP contribution in [0.25, 0.3) is 0 Å². The predicted octanol–water partition coefficient (Wildman–Crippen LogP) is 1.36. The zero-order valence-electron chi connectivity index (χ0n) is 6.39. The molecular weight excluding hydrogens is 124 g/mol. The summed E-state index contributed by atoms with van der Waals surface area (Å²) >= 11 is 0. The second-order valence-electron chi connectivity index (χ2n) is 3.82. The van der Waals surface area contributed by atoms with E-state index in [9.17, 15) is 0 Å². The molecule has 1 aliphatic carbocycles. The first-order chi connectivity index (χ1) is 4.68. The van der Waals surface area contributed by atoms with E-state index in [1.807, 2.05) is 0 Å². The summed E-state index contributed by atoms with van der Waals surface area (Å²) in [6.07, 6.45) is 1.42. The van der Waals surface area contributed by atoms with Gasteiger partial charge in [-0.2, -0.15) is 0 Å². The van der Waals surface area contributed by atoms with Gasteiger partial charge in [0.2, 0.25) is 0 Å². The van der Waals surface area contributed by atoms with E-state index in [0.717, 1.165) is 18.2 Å². The molecule has 0 aromatic rings. The molecule has 2 aliphatic rings. The highest BCUT2D eigenvalue weighted by Gasteiger charge is 2.61. The smallest absolute Gasteiger partial charge is 0.0563 e. The Labute approximate surface area is 60.9 Å². The normalized spacial score (nSPS) is 40.4. The Bertz CT molecular complexity index is 215. The van der Waals surface area contributed by atoms with Crippen LogP contribution in [-0.4, -0.2) is 18.5 Å². The van der Waals surface area contributed by atoms with Crippen molar-refractivity contribution in [3.63, 3.8) is 0 Å². The summed E-state index contributed by atoms with van der Waals surface area (Å²) in [5.74, 6) is 1.37. The molecule has 0 unspecified atom stereocenters. The van der Waals surface area contributed by atoms with Gasteiger partial charge in [-0.25, -0.2) is 0 Å². The summed E-state index contributed by atoms with van der Waals surface area (Å²) in [5.41, 5.74) is 1.48. The fourth-order valence-electron chi connectivity index (χ4n) is 2.11. The minimum absolute atomic E-state index is 0.453. The highest BCUT2D eigenvalue weighted by Crippen LogP contribution is 2.61. The molecule has 1 fully saturated rings. The number of nitrogens with zero attached hydrogens (tertiary/aromatic N) is 1. The van der Waals surface area contributed by atoms with Crippen LogP contribution in [0.2, 0.25) is 0 Å². The van der Waals surface area contributed by atoms with Crippen molar-refractivity contribution in [3.05, 3.63) is 0 Å². The van der Waals surface area contributed by atoms with Crippen LogP contribution in [0.4, 0.5) is 0 Å². The Morgan fingerprint density at radius 3 is 2.70 bits per heavy atom. The molecule has 0 aromatic carbocycles. The molecule has 0 saturated heterocycles. The quantitative estimate of drug-likeness (QED) is 0.528. The van der Waals surface area contributed by atoms with Crippen LogP contribution >= 0.6 is 0 Å². The van der Waals surface area contributed by atoms with Gasteiger partial charge in [0, 0.05) is 18.7 Å². The standard InChI is InChI=1S/C8H12N2/c1-8(2)5-4-10-6(3-9)7(5)8/h3,5,7,9H,4H2,1-2H3/t5-,7-/m1/s1. The predicted molar refractivity (Wildman–Crippen MR) is 41.8 cm³/mol. The van der Waals surface area contributed by atoms with Crippen molar-refractivity contribution in [2.45, 2.75) is 13.8 Å². The molecule has 2 rings (SSSR count). The zero-order valence-corrected chi connectivity index (χ0v) is 6.39. The monoisotopic (exact) mass is 136 g/mol. The first kappa shape index (κ1) is 6.08. The maximum Gasteiger partial charge on any atom is 0.0563 e. The van der Waals surface area contributed by atoms with E-state index in [1.165, 1.54) is 6.21 Å². The van der Waals surface area contributed by atoms with Gasteiger partial charge in [0.25, 0.3) is 0 Å². The molecule has 54 valence electrons. The summed E-state index contributed by atoms with van der Waals surface area (Å²) in [4.78, 5) is 4.25. The molecule has 0 amide bonds. The highest BCUT2D eigenvalue weighted by molar-refractivity contribution is 6.32. The van der Waals surface area contributed by atoms with Gasteiger partial charge in [-0.3, -0.25) is 4.99 Å². The highest BCUT2D eigenvalue weighted by atomic mass is 14.9. The molecule has 2 atom stereocenters. The Morgan fingerprint density at radius 1 is 1.70 bits per heavy atom. The van der Waals surface area contributed by atoms with Crippen molar-refractivity contribution in [3.8, 4) is 0 Å². The van der Waals surface area contributed by atoms with Gasteiger partial charge in [-0.05, 0) is 11.3 Å². The van der Waals surface area contributed by atoms with Gasteiger partial charge >= 0.3 is 0 Å². The SMILES string of the molecule is CC1(C)[C@@H]2CN=C(C=N)[C@@H]21. The maximum absolute atomic E-state index is 7.08. The van der Waals surface area contributed by atoms with Crippen molar-refractivity contribution < 1.29 is 0 Å². The molecule has 0 aromatic heterocycles. The van der Waals surface area contributed by atoms with Gasteiger partial charge in [0.05, 0.1) is 5.71 Å². The van der Waals surface area contributed by atoms with Gasteiger partial charge in [-0.1, -0.05) is 13.8 Å². The van der Waals surface area contributed by atoms with Gasteiger partial charge in [0.15, 0.2) is 0 Å². The Balaban J connectivity index is 2.24. The van der Waals surface area contributed by atoms with E-state index in [0.29, 0.717) is 11.3 Å². The van der Waals surface area contributed by atoms with Crippen LogP contribution in [-0.2, 0) is 0 Å². The van der Waals surface area contributed by atoms with Crippen molar-refractivity contribution in [2.75, 3.05) is 6.54 Å². The van der Waals surface area contributed by atoms with Crippen LogP contribution in [0.5, 0.6) is 0 Å². The van der Waals surface area contributed by atoms with Crippen LogP contribution in [0.1, 0.15) is 13.8 Å². The van der Waals surface area contributed by atoms with E-state index in [4.69, 9.17) is 5.41 Å². The average Bonchev–Trinajstić information content (AvgIpc) is 2.28. The number of aliphatic imine (C=N–C) groups is 1. The topological polar surface area (TPSA) is 36.2 Å². The molecule has 1 aliphatic heterocycles. The number of rotatable bonds is 1. The molecule has 0 spiro atoms. The summed E-state index contributed by atoms with van der Waals surface area (Å²) in [6, 6.07) is 0. The van der Waals surface area contributed by atoms with Gasteiger partial charge in [-0.15, -0.1) is 0 Å². The fourth-order valence-corrected chi connectivity index (χ4v) is 2.11. The fraction of sp³-hybridized carbons (Fsp3) is 0.750. The second-order valence-corrected chi connectivity index (χ2v) is 3.82. The summed E-state index contributed by atoms with van der Waals surface area (Å²) in [6.45, 7) is 5.49. The number of fused-ring (bicyclic) bond motifs is 1. The van der Waals surface area contributed by atoms with Crippen molar-refractivity contribution in [1.29, 1.82) is 5.41 Å². The molecule has 1 saturated carbocycles. The van der Waals surface area contributed by atoms with E-state index >= 15 is 0 Å². The molecule has 0 bridgehead atoms. The third-order valence-electron chi connectivity index (χ3n) is 2.99. The van der Waals surface area contributed by atoms with E-state index < -0.39 is 0 Å². The molecule has 1 heterocycles. The van der Waals surface area contributed by atoms with E-state index in [-0.39, 0.29) is 0 Å². The van der Waals surface area contributed by atoms with Crippen LogP contribution < -0.4 is 0 Å². The zero-order chi connectivity index (χ0) is 7.35. The van der Waals surface area contributed by atoms with Crippen molar-refractivity contribution >= 4 is 11.9 Å². The summed E-state index contributed by atoms with van der Waals surface area (Å²) in [5, 5.41) is 7.08. The lowest BCUT2D eigenvalue weighted by molar-refractivity contribution is 0.551. The largest absolute Gasteiger partial charge is 0.307 e. The number of hydrogen-bond donors (Lipinski definition) is 1. The lowest BCUT2D eigenvalue weighted by atomic mass is 10.1. The second kappa shape index (κ2) is 1.49. The Hall–Kier alpha value is -0.660. The molecular formula is C8H12N2. The molecule has 2 nitrogen and oxygen atoms in total. The molecule has 2 heteroatoms. The van der Waals surface area contributed by atoms with E-state index in [1.54, 1.807) is 0 Å². The molecule has 10 heavy (non-hydrogen) atoms. The molecule has 0 radical (unpaired) electrons.